The summed E-state index contributed by atoms with van der Waals surface area (Å²) in [5.41, 5.74) is 5.68. The van der Waals surface area contributed by atoms with Gasteiger partial charge in [0.1, 0.15) is 0 Å². The molecule has 0 aromatic carbocycles. The van der Waals surface area contributed by atoms with Crippen LogP contribution in [0.1, 0.15) is 33.1 Å². The van der Waals surface area contributed by atoms with Gasteiger partial charge in [-0.15, -0.1) is 0 Å². The average molecular weight is 177 g/mol. The van der Waals surface area contributed by atoms with Crippen LogP contribution in [0.5, 0.6) is 0 Å². The highest BCUT2D eigenvalue weighted by Gasteiger charge is 2.46. The molecule has 0 aromatic heterocycles. The lowest BCUT2D eigenvalue weighted by atomic mass is 9.75. The van der Waals surface area contributed by atoms with Crippen molar-refractivity contribution in [2.24, 2.45) is 17.6 Å². The number of rotatable bonds is 1. The van der Waals surface area contributed by atoms with E-state index in [2.05, 4.69) is 0 Å². The van der Waals surface area contributed by atoms with Gasteiger partial charge in [0.25, 0.3) is 5.92 Å². The molecule has 72 valence electrons. The van der Waals surface area contributed by atoms with E-state index in [-0.39, 0.29) is 18.4 Å². The van der Waals surface area contributed by atoms with Gasteiger partial charge >= 0.3 is 0 Å². The van der Waals surface area contributed by atoms with Gasteiger partial charge in [0, 0.05) is 18.4 Å². The standard InChI is InChI=1S/C9H17F2N/c1-6(2)8-7(12)4-3-5-9(8,10)11/h6-8H,3-5,12H2,1-2H3. The molecule has 1 nitrogen and oxygen atoms in total. The van der Waals surface area contributed by atoms with Crippen molar-refractivity contribution in [3.8, 4) is 0 Å². The van der Waals surface area contributed by atoms with Crippen LogP contribution in [0.2, 0.25) is 0 Å². The predicted octanol–water partition coefficient (Wildman–Crippen LogP) is 2.41. The van der Waals surface area contributed by atoms with Crippen LogP contribution in [0.4, 0.5) is 8.78 Å². The summed E-state index contributed by atoms with van der Waals surface area (Å²) in [6, 6.07) is -0.311. The first-order chi connectivity index (χ1) is 5.45. The second-order valence-corrected chi connectivity index (χ2v) is 4.09. The molecule has 2 N–H and O–H groups in total. The topological polar surface area (TPSA) is 26.0 Å². The van der Waals surface area contributed by atoms with Gasteiger partial charge in [0.2, 0.25) is 0 Å². The van der Waals surface area contributed by atoms with Crippen molar-refractivity contribution >= 4 is 0 Å². The summed E-state index contributed by atoms with van der Waals surface area (Å²) >= 11 is 0. The van der Waals surface area contributed by atoms with Crippen LogP contribution in [0.3, 0.4) is 0 Å². The monoisotopic (exact) mass is 177 g/mol. The molecule has 1 aliphatic carbocycles. The molecule has 1 saturated carbocycles. The highest BCUT2D eigenvalue weighted by Crippen LogP contribution is 2.41. The molecule has 2 unspecified atom stereocenters. The van der Waals surface area contributed by atoms with Crippen molar-refractivity contribution in [2.75, 3.05) is 0 Å². The van der Waals surface area contributed by atoms with Crippen molar-refractivity contribution in [1.82, 2.24) is 0 Å². The normalized spacial score (nSPS) is 35.5. The Morgan fingerprint density at radius 2 is 2.00 bits per heavy atom. The molecular weight excluding hydrogens is 160 g/mol. The third-order valence-corrected chi connectivity index (χ3v) is 2.71. The zero-order chi connectivity index (χ0) is 9.35. The van der Waals surface area contributed by atoms with Gasteiger partial charge in [-0.25, -0.2) is 8.78 Å². The van der Waals surface area contributed by atoms with Gasteiger partial charge in [0.05, 0.1) is 0 Å². The molecule has 0 spiro atoms. The lowest BCUT2D eigenvalue weighted by Crippen LogP contribution is -2.48. The Balaban J connectivity index is 2.74. The minimum absolute atomic E-state index is 0.0174. The second kappa shape index (κ2) is 3.29. The molecule has 0 aliphatic heterocycles. The van der Waals surface area contributed by atoms with E-state index in [1.165, 1.54) is 0 Å². The van der Waals surface area contributed by atoms with E-state index >= 15 is 0 Å². The van der Waals surface area contributed by atoms with E-state index in [0.29, 0.717) is 6.42 Å². The maximum absolute atomic E-state index is 13.3. The Kier molecular flexibility index (Phi) is 2.71. The highest BCUT2D eigenvalue weighted by atomic mass is 19.3. The largest absolute Gasteiger partial charge is 0.327 e. The first kappa shape index (κ1) is 9.90. The number of nitrogens with two attached hydrogens (primary N) is 1. The number of halogens is 2. The Bertz CT molecular complexity index is 157. The molecule has 0 aromatic rings. The van der Waals surface area contributed by atoms with E-state index < -0.39 is 11.8 Å². The fourth-order valence-electron chi connectivity index (χ4n) is 2.21. The van der Waals surface area contributed by atoms with E-state index in [1.807, 2.05) is 13.8 Å². The molecule has 0 amide bonds. The number of hydrogen-bond donors (Lipinski definition) is 1. The molecule has 1 rings (SSSR count). The summed E-state index contributed by atoms with van der Waals surface area (Å²) in [5.74, 6) is -3.17. The van der Waals surface area contributed by atoms with Crippen LogP contribution in [0.25, 0.3) is 0 Å². The molecule has 1 fully saturated rings. The van der Waals surface area contributed by atoms with Gasteiger partial charge < -0.3 is 5.73 Å². The quantitative estimate of drug-likeness (QED) is 0.654. The molecular formula is C9H17F2N. The van der Waals surface area contributed by atoms with Crippen LogP contribution < -0.4 is 5.73 Å². The summed E-state index contributed by atoms with van der Waals surface area (Å²) in [7, 11) is 0. The van der Waals surface area contributed by atoms with Gasteiger partial charge in [-0.2, -0.15) is 0 Å². The third-order valence-electron chi connectivity index (χ3n) is 2.71. The molecule has 1 aliphatic rings. The maximum atomic E-state index is 13.3. The van der Waals surface area contributed by atoms with Gasteiger partial charge in [-0.05, 0) is 18.8 Å². The zero-order valence-electron chi connectivity index (χ0n) is 7.69. The van der Waals surface area contributed by atoms with Crippen LogP contribution in [0, 0.1) is 11.8 Å². The Morgan fingerprint density at radius 3 is 2.33 bits per heavy atom. The van der Waals surface area contributed by atoms with Crippen molar-refractivity contribution in [1.29, 1.82) is 0 Å². The molecule has 0 bridgehead atoms. The second-order valence-electron chi connectivity index (χ2n) is 4.09. The average Bonchev–Trinajstić information content (AvgIpc) is 1.82. The van der Waals surface area contributed by atoms with E-state index in [0.717, 1.165) is 6.42 Å². The Morgan fingerprint density at radius 1 is 1.42 bits per heavy atom. The zero-order valence-corrected chi connectivity index (χ0v) is 7.69. The van der Waals surface area contributed by atoms with Crippen molar-refractivity contribution in [3.05, 3.63) is 0 Å². The van der Waals surface area contributed by atoms with Crippen LogP contribution in [0.15, 0.2) is 0 Å². The molecule has 12 heavy (non-hydrogen) atoms. The molecule has 0 saturated heterocycles. The minimum Gasteiger partial charge on any atom is -0.327 e. The van der Waals surface area contributed by atoms with E-state index in [1.54, 1.807) is 0 Å². The van der Waals surface area contributed by atoms with Gasteiger partial charge in [0.15, 0.2) is 0 Å². The predicted molar refractivity (Wildman–Crippen MR) is 45.1 cm³/mol. The number of hydrogen-bond acceptors (Lipinski definition) is 1. The Labute approximate surface area is 72.3 Å². The lowest BCUT2D eigenvalue weighted by Gasteiger charge is -2.38. The smallest absolute Gasteiger partial charge is 0.252 e. The summed E-state index contributed by atoms with van der Waals surface area (Å²) in [4.78, 5) is 0. The maximum Gasteiger partial charge on any atom is 0.252 e. The van der Waals surface area contributed by atoms with Crippen LogP contribution in [-0.4, -0.2) is 12.0 Å². The summed E-state index contributed by atoms with van der Waals surface area (Å²) in [6.07, 6.45) is 1.33. The first-order valence-electron chi connectivity index (χ1n) is 4.58. The minimum atomic E-state index is -2.54. The highest BCUT2D eigenvalue weighted by molar-refractivity contribution is 4.91. The van der Waals surface area contributed by atoms with E-state index in [9.17, 15) is 8.78 Å². The third kappa shape index (κ3) is 1.76. The lowest BCUT2D eigenvalue weighted by molar-refractivity contribution is -0.109. The first-order valence-corrected chi connectivity index (χ1v) is 4.58. The molecule has 2 atom stereocenters. The van der Waals surface area contributed by atoms with Crippen LogP contribution >= 0.6 is 0 Å². The SMILES string of the molecule is CC(C)C1C(N)CCCC1(F)F. The number of alkyl halides is 2. The van der Waals surface area contributed by atoms with E-state index in [4.69, 9.17) is 5.73 Å². The summed E-state index contributed by atoms with van der Waals surface area (Å²) in [6.45, 7) is 3.65. The van der Waals surface area contributed by atoms with Gasteiger partial charge in [-0.3, -0.25) is 0 Å². The molecule has 0 radical (unpaired) electrons. The van der Waals surface area contributed by atoms with Crippen molar-refractivity contribution < 1.29 is 8.78 Å². The van der Waals surface area contributed by atoms with Crippen molar-refractivity contribution in [3.63, 3.8) is 0 Å². The Hall–Kier alpha value is -0.180. The van der Waals surface area contributed by atoms with Crippen LogP contribution in [-0.2, 0) is 0 Å². The summed E-state index contributed by atoms with van der Waals surface area (Å²) in [5, 5.41) is 0. The van der Waals surface area contributed by atoms with Gasteiger partial charge in [-0.1, -0.05) is 13.8 Å². The fourth-order valence-corrected chi connectivity index (χ4v) is 2.21. The molecule has 0 heterocycles. The van der Waals surface area contributed by atoms with Crippen molar-refractivity contribution in [2.45, 2.75) is 45.1 Å². The fraction of sp³-hybridized carbons (Fsp3) is 1.00. The molecule has 3 heteroatoms. The summed E-state index contributed by atoms with van der Waals surface area (Å²) < 4.78 is 26.6.